The van der Waals surface area contributed by atoms with Crippen LogP contribution in [0.4, 0.5) is 8.78 Å². The van der Waals surface area contributed by atoms with E-state index in [1.165, 1.54) is 6.07 Å². The van der Waals surface area contributed by atoms with Gasteiger partial charge in [-0.1, -0.05) is 11.6 Å². The number of hydrogen-bond donors (Lipinski definition) is 2. The molecule has 5 heteroatoms. The highest BCUT2D eigenvalue weighted by Crippen LogP contribution is 2.18. The molecule has 0 aliphatic rings. The van der Waals surface area contributed by atoms with Gasteiger partial charge in [-0.15, -0.1) is 0 Å². The molecule has 0 aliphatic heterocycles. The van der Waals surface area contributed by atoms with Gasteiger partial charge in [0.15, 0.2) is 0 Å². The van der Waals surface area contributed by atoms with Crippen LogP contribution in [0.25, 0.3) is 0 Å². The predicted molar refractivity (Wildman–Crippen MR) is 47.0 cm³/mol. The van der Waals surface area contributed by atoms with E-state index in [0.29, 0.717) is 0 Å². The summed E-state index contributed by atoms with van der Waals surface area (Å²) in [6.45, 7) is 0.120. The second-order valence-corrected chi connectivity index (χ2v) is 2.79. The summed E-state index contributed by atoms with van der Waals surface area (Å²) in [6, 6.07) is 1.92. The molecular weight excluding hydrogens is 198 g/mol. The van der Waals surface area contributed by atoms with Crippen molar-refractivity contribution in [2.75, 3.05) is 0 Å². The van der Waals surface area contributed by atoms with E-state index >= 15 is 0 Å². The molecule has 13 heavy (non-hydrogen) atoms. The van der Waals surface area contributed by atoms with Crippen LogP contribution in [0.3, 0.4) is 0 Å². The molecule has 1 rings (SSSR count). The van der Waals surface area contributed by atoms with Gasteiger partial charge >= 0.3 is 0 Å². The third-order valence-corrected chi connectivity index (χ3v) is 1.77. The van der Waals surface area contributed by atoms with Crippen LogP contribution in [-0.4, -0.2) is 6.34 Å². The predicted octanol–water partition coefficient (Wildman–Crippen LogP) is 2.31. The van der Waals surface area contributed by atoms with Gasteiger partial charge in [0, 0.05) is 18.2 Å². The average Bonchev–Trinajstić information content (AvgIpc) is 2.09. The first-order valence-corrected chi connectivity index (χ1v) is 3.88. The van der Waals surface area contributed by atoms with Crippen molar-refractivity contribution in [1.82, 2.24) is 5.32 Å². The maximum Gasteiger partial charge on any atom is 0.144 e. The zero-order valence-corrected chi connectivity index (χ0v) is 7.33. The van der Waals surface area contributed by atoms with E-state index in [-0.39, 0.29) is 17.1 Å². The molecule has 0 saturated carbocycles. The molecule has 70 valence electrons. The van der Waals surface area contributed by atoms with Crippen molar-refractivity contribution in [1.29, 1.82) is 5.41 Å². The molecule has 1 aromatic rings. The number of benzene rings is 1. The van der Waals surface area contributed by atoms with Gasteiger partial charge in [-0.2, -0.15) is 0 Å². The third kappa shape index (κ3) is 2.39. The standard InChI is InChI=1S/C8H7ClF2N2/c9-6-1-5(3-13-4-12)7(10)2-8(6)11/h1-2,4H,3H2,(H2,12,13). The Bertz CT molecular complexity index is 328. The van der Waals surface area contributed by atoms with Crippen molar-refractivity contribution >= 4 is 17.9 Å². The van der Waals surface area contributed by atoms with Gasteiger partial charge in [0.05, 0.1) is 11.4 Å². The number of rotatable bonds is 3. The first kappa shape index (κ1) is 9.92. The zero-order valence-electron chi connectivity index (χ0n) is 6.57. The van der Waals surface area contributed by atoms with E-state index in [1.54, 1.807) is 0 Å². The molecule has 0 aromatic heterocycles. The first-order valence-electron chi connectivity index (χ1n) is 3.51. The monoisotopic (exact) mass is 204 g/mol. The Balaban J connectivity index is 2.94. The SMILES string of the molecule is N=CNCc1cc(Cl)c(F)cc1F. The van der Waals surface area contributed by atoms with E-state index in [1.807, 2.05) is 0 Å². The molecule has 0 atom stereocenters. The van der Waals surface area contributed by atoms with Crippen LogP contribution in [0.15, 0.2) is 12.1 Å². The van der Waals surface area contributed by atoms with Crippen LogP contribution in [0.1, 0.15) is 5.56 Å². The molecule has 0 bridgehead atoms. The maximum atomic E-state index is 12.9. The molecular formula is C8H7ClF2N2. The van der Waals surface area contributed by atoms with Crippen molar-refractivity contribution in [3.05, 3.63) is 34.4 Å². The molecule has 0 spiro atoms. The van der Waals surface area contributed by atoms with Crippen molar-refractivity contribution in [3.8, 4) is 0 Å². The fraction of sp³-hybridized carbons (Fsp3) is 0.125. The molecule has 1 aromatic carbocycles. The fourth-order valence-electron chi connectivity index (χ4n) is 0.860. The van der Waals surface area contributed by atoms with Gasteiger partial charge in [-0.3, -0.25) is 5.41 Å². The quantitative estimate of drug-likeness (QED) is 0.443. The summed E-state index contributed by atoms with van der Waals surface area (Å²) in [6.07, 6.45) is 0.927. The smallest absolute Gasteiger partial charge is 0.144 e. The largest absolute Gasteiger partial charge is 0.372 e. The summed E-state index contributed by atoms with van der Waals surface area (Å²) in [5.41, 5.74) is 0.231. The fourth-order valence-corrected chi connectivity index (χ4v) is 1.05. The van der Waals surface area contributed by atoms with Crippen LogP contribution in [-0.2, 0) is 6.54 Å². The minimum absolute atomic E-state index is 0.120. The lowest BCUT2D eigenvalue weighted by molar-refractivity contribution is 0.570. The second kappa shape index (κ2) is 4.18. The van der Waals surface area contributed by atoms with Crippen LogP contribution in [0.5, 0.6) is 0 Å². The molecule has 0 saturated heterocycles. The lowest BCUT2D eigenvalue weighted by Crippen LogP contribution is -2.10. The first-order chi connectivity index (χ1) is 6.15. The average molecular weight is 205 g/mol. The minimum atomic E-state index is -0.780. The van der Waals surface area contributed by atoms with Crippen LogP contribution in [0, 0.1) is 17.0 Å². The van der Waals surface area contributed by atoms with Gasteiger partial charge in [0.1, 0.15) is 11.6 Å². The zero-order chi connectivity index (χ0) is 9.84. The van der Waals surface area contributed by atoms with Crippen LogP contribution in [0.2, 0.25) is 5.02 Å². The van der Waals surface area contributed by atoms with Crippen molar-refractivity contribution in [3.63, 3.8) is 0 Å². The minimum Gasteiger partial charge on any atom is -0.372 e. The van der Waals surface area contributed by atoms with E-state index < -0.39 is 11.6 Å². The van der Waals surface area contributed by atoms with Gasteiger partial charge < -0.3 is 5.32 Å². The maximum absolute atomic E-state index is 12.9. The number of hydrogen-bond acceptors (Lipinski definition) is 1. The molecule has 0 fully saturated rings. The summed E-state index contributed by atoms with van der Waals surface area (Å²) in [4.78, 5) is 0. The van der Waals surface area contributed by atoms with Gasteiger partial charge in [0.25, 0.3) is 0 Å². The van der Waals surface area contributed by atoms with E-state index in [9.17, 15) is 8.78 Å². The van der Waals surface area contributed by atoms with Crippen molar-refractivity contribution in [2.24, 2.45) is 0 Å². The number of halogens is 3. The molecule has 0 aliphatic carbocycles. The Labute approximate surface area is 79.0 Å². The van der Waals surface area contributed by atoms with Crippen molar-refractivity contribution < 1.29 is 8.78 Å². The highest BCUT2D eigenvalue weighted by molar-refractivity contribution is 6.30. The summed E-state index contributed by atoms with van der Waals surface area (Å²) < 4.78 is 25.6. The van der Waals surface area contributed by atoms with E-state index in [2.05, 4.69) is 5.32 Å². The van der Waals surface area contributed by atoms with Gasteiger partial charge in [-0.25, -0.2) is 8.78 Å². The molecule has 0 amide bonds. The van der Waals surface area contributed by atoms with Gasteiger partial charge in [-0.05, 0) is 6.07 Å². The third-order valence-electron chi connectivity index (χ3n) is 1.48. The molecule has 2 nitrogen and oxygen atoms in total. The van der Waals surface area contributed by atoms with Crippen LogP contribution >= 0.6 is 11.6 Å². The van der Waals surface area contributed by atoms with Gasteiger partial charge in [0.2, 0.25) is 0 Å². The molecule has 0 radical (unpaired) electrons. The lowest BCUT2D eigenvalue weighted by atomic mass is 10.2. The Hall–Kier alpha value is -1.16. The van der Waals surface area contributed by atoms with Crippen molar-refractivity contribution in [2.45, 2.75) is 6.54 Å². The Morgan fingerprint density at radius 2 is 2.08 bits per heavy atom. The molecule has 0 heterocycles. The van der Waals surface area contributed by atoms with E-state index in [0.717, 1.165) is 12.4 Å². The molecule has 0 unspecified atom stereocenters. The highest BCUT2D eigenvalue weighted by atomic mass is 35.5. The second-order valence-electron chi connectivity index (χ2n) is 2.38. The topological polar surface area (TPSA) is 35.9 Å². The summed E-state index contributed by atoms with van der Waals surface area (Å²) in [5, 5.41) is 9.00. The van der Waals surface area contributed by atoms with E-state index in [4.69, 9.17) is 17.0 Å². The molecule has 2 N–H and O–H groups in total. The summed E-state index contributed by atoms with van der Waals surface area (Å²) in [5.74, 6) is -1.45. The number of nitrogens with one attached hydrogen (secondary N) is 2. The Morgan fingerprint density at radius 3 is 2.69 bits per heavy atom. The Kier molecular flexibility index (Phi) is 3.19. The summed E-state index contributed by atoms with van der Waals surface area (Å²) >= 11 is 5.44. The Morgan fingerprint density at radius 1 is 1.38 bits per heavy atom. The van der Waals surface area contributed by atoms with Crippen LogP contribution < -0.4 is 5.32 Å². The normalized spacial score (nSPS) is 9.77. The lowest BCUT2D eigenvalue weighted by Gasteiger charge is -2.03. The summed E-state index contributed by atoms with van der Waals surface area (Å²) in [7, 11) is 0. The highest BCUT2D eigenvalue weighted by Gasteiger charge is 2.07.